The molecule has 0 saturated heterocycles. The van der Waals surface area contributed by atoms with E-state index in [4.69, 9.17) is 4.74 Å². The van der Waals surface area contributed by atoms with Gasteiger partial charge in [-0.2, -0.15) is 5.10 Å². The van der Waals surface area contributed by atoms with E-state index in [9.17, 15) is 0 Å². The Hall–Kier alpha value is -1.84. The lowest BCUT2D eigenvalue weighted by atomic mass is 9.87. The summed E-state index contributed by atoms with van der Waals surface area (Å²) in [5.41, 5.74) is 1.47. The van der Waals surface area contributed by atoms with Crippen LogP contribution in [0, 0.1) is 5.92 Å². The van der Waals surface area contributed by atoms with Gasteiger partial charge in [0.2, 0.25) is 0 Å². The summed E-state index contributed by atoms with van der Waals surface area (Å²) in [4.78, 5) is 4.27. The van der Waals surface area contributed by atoms with Crippen LogP contribution in [0.15, 0.2) is 30.6 Å². The number of hydrogen-bond acceptors (Lipinski definition) is 3. The molecule has 114 valence electrons. The Bertz CT molecular complexity index is 564. The largest absolute Gasteiger partial charge is 0.486 e. The number of benzene rings is 1. The third-order valence-corrected chi connectivity index (χ3v) is 3.32. The third-order valence-electron chi connectivity index (χ3n) is 3.32. The molecule has 0 spiro atoms. The summed E-state index contributed by atoms with van der Waals surface area (Å²) in [5.74, 6) is 2.27. The normalized spacial score (nSPS) is 11.9. The number of aromatic nitrogens is 3. The zero-order valence-electron chi connectivity index (χ0n) is 13.6. The SMILES string of the molecule is CC(C)Cn1ncnc1COc1ccc(C(C)(C)C)cc1. The summed E-state index contributed by atoms with van der Waals surface area (Å²) in [5, 5.41) is 4.24. The van der Waals surface area contributed by atoms with Crippen molar-refractivity contribution in [2.45, 2.75) is 53.2 Å². The average Bonchev–Trinajstić information content (AvgIpc) is 2.82. The van der Waals surface area contributed by atoms with Gasteiger partial charge in [-0.15, -0.1) is 0 Å². The van der Waals surface area contributed by atoms with E-state index < -0.39 is 0 Å². The highest BCUT2D eigenvalue weighted by atomic mass is 16.5. The molecule has 2 aromatic rings. The Kier molecular flexibility index (Phi) is 4.66. The van der Waals surface area contributed by atoms with E-state index in [1.54, 1.807) is 6.33 Å². The van der Waals surface area contributed by atoms with E-state index >= 15 is 0 Å². The first-order valence-corrected chi connectivity index (χ1v) is 7.46. The maximum absolute atomic E-state index is 5.82. The van der Waals surface area contributed by atoms with Gasteiger partial charge in [0.25, 0.3) is 0 Å². The molecule has 0 aliphatic heterocycles. The van der Waals surface area contributed by atoms with Gasteiger partial charge in [-0.05, 0) is 29.0 Å². The lowest BCUT2D eigenvalue weighted by Gasteiger charge is -2.19. The van der Waals surface area contributed by atoms with Crippen molar-refractivity contribution in [2.75, 3.05) is 0 Å². The summed E-state index contributed by atoms with van der Waals surface area (Å²) in [6, 6.07) is 8.27. The minimum Gasteiger partial charge on any atom is -0.486 e. The zero-order valence-corrected chi connectivity index (χ0v) is 13.6. The average molecular weight is 287 g/mol. The smallest absolute Gasteiger partial charge is 0.164 e. The van der Waals surface area contributed by atoms with Gasteiger partial charge in [0.05, 0.1) is 0 Å². The summed E-state index contributed by atoms with van der Waals surface area (Å²) in [6.07, 6.45) is 1.59. The minimum absolute atomic E-state index is 0.163. The molecule has 2 rings (SSSR count). The Morgan fingerprint density at radius 1 is 1.14 bits per heavy atom. The van der Waals surface area contributed by atoms with Crippen molar-refractivity contribution in [3.8, 4) is 5.75 Å². The van der Waals surface area contributed by atoms with Crippen LogP contribution in [-0.4, -0.2) is 14.8 Å². The zero-order chi connectivity index (χ0) is 15.5. The monoisotopic (exact) mass is 287 g/mol. The number of hydrogen-bond donors (Lipinski definition) is 0. The molecule has 1 aromatic heterocycles. The van der Waals surface area contributed by atoms with Gasteiger partial charge >= 0.3 is 0 Å². The topological polar surface area (TPSA) is 39.9 Å². The lowest BCUT2D eigenvalue weighted by molar-refractivity contribution is 0.282. The van der Waals surface area contributed by atoms with Crippen molar-refractivity contribution in [2.24, 2.45) is 5.92 Å². The van der Waals surface area contributed by atoms with Gasteiger partial charge in [-0.1, -0.05) is 46.8 Å². The van der Waals surface area contributed by atoms with Gasteiger partial charge in [0, 0.05) is 6.54 Å². The standard InChI is InChI=1S/C17H25N3O/c1-13(2)10-20-16(18-12-19-20)11-21-15-8-6-14(7-9-15)17(3,4)5/h6-9,12-13H,10-11H2,1-5H3. The fraction of sp³-hybridized carbons (Fsp3) is 0.529. The molecule has 1 heterocycles. The van der Waals surface area contributed by atoms with Crippen LogP contribution in [0.3, 0.4) is 0 Å². The Morgan fingerprint density at radius 3 is 2.38 bits per heavy atom. The molecule has 4 nitrogen and oxygen atoms in total. The summed E-state index contributed by atoms with van der Waals surface area (Å²) < 4.78 is 7.73. The molecule has 1 aromatic carbocycles. The van der Waals surface area contributed by atoms with Crippen LogP contribution in [0.5, 0.6) is 5.75 Å². The van der Waals surface area contributed by atoms with E-state index in [-0.39, 0.29) is 5.41 Å². The van der Waals surface area contributed by atoms with E-state index in [0.29, 0.717) is 12.5 Å². The molecular weight excluding hydrogens is 262 g/mol. The molecule has 0 atom stereocenters. The third kappa shape index (κ3) is 4.31. The summed E-state index contributed by atoms with van der Waals surface area (Å²) in [6.45, 7) is 12.3. The first-order valence-electron chi connectivity index (χ1n) is 7.46. The van der Waals surface area contributed by atoms with Crippen molar-refractivity contribution < 1.29 is 4.74 Å². The molecule has 0 unspecified atom stereocenters. The van der Waals surface area contributed by atoms with Crippen LogP contribution in [0.25, 0.3) is 0 Å². The molecule has 0 aliphatic carbocycles. The molecule has 21 heavy (non-hydrogen) atoms. The van der Waals surface area contributed by atoms with Crippen LogP contribution in [0.2, 0.25) is 0 Å². The Labute approximate surface area is 127 Å². The first kappa shape index (κ1) is 15.5. The number of rotatable bonds is 5. The fourth-order valence-corrected chi connectivity index (χ4v) is 2.10. The van der Waals surface area contributed by atoms with Crippen LogP contribution in [0.1, 0.15) is 46.0 Å². The molecule has 0 N–H and O–H groups in total. The van der Waals surface area contributed by atoms with Crippen molar-refractivity contribution in [3.63, 3.8) is 0 Å². The van der Waals surface area contributed by atoms with E-state index in [0.717, 1.165) is 18.1 Å². The second-order valence-corrected chi connectivity index (χ2v) is 6.82. The highest BCUT2D eigenvalue weighted by Crippen LogP contribution is 2.24. The second-order valence-electron chi connectivity index (χ2n) is 6.82. The van der Waals surface area contributed by atoms with Crippen LogP contribution >= 0.6 is 0 Å². The maximum atomic E-state index is 5.82. The highest BCUT2D eigenvalue weighted by molar-refractivity contribution is 5.31. The molecule has 0 radical (unpaired) electrons. The fourth-order valence-electron chi connectivity index (χ4n) is 2.10. The highest BCUT2D eigenvalue weighted by Gasteiger charge is 2.13. The molecular formula is C17H25N3O. The van der Waals surface area contributed by atoms with Gasteiger partial charge < -0.3 is 4.74 Å². The molecule has 0 bridgehead atoms. The predicted octanol–water partition coefficient (Wildman–Crippen LogP) is 3.81. The molecule has 4 heteroatoms. The summed E-state index contributed by atoms with van der Waals surface area (Å²) >= 11 is 0. The van der Waals surface area contributed by atoms with Gasteiger partial charge in [0.15, 0.2) is 5.82 Å². The summed E-state index contributed by atoms with van der Waals surface area (Å²) in [7, 11) is 0. The lowest BCUT2D eigenvalue weighted by Crippen LogP contribution is -2.12. The molecule has 0 saturated carbocycles. The quantitative estimate of drug-likeness (QED) is 0.839. The van der Waals surface area contributed by atoms with Crippen molar-refractivity contribution >= 4 is 0 Å². The van der Waals surface area contributed by atoms with Gasteiger partial charge in [-0.25, -0.2) is 9.67 Å². The van der Waals surface area contributed by atoms with E-state index in [1.165, 1.54) is 5.56 Å². The Morgan fingerprint density at radius 2 is 1.81 bits per heavy atom. The second kappa shape index (κ2) is 6.29. The maximum Gasteiger partial charge on any atom is 0.164 e. The predicted molar refractivity (Wildman–Crippen MR) is 84.3 cm³/mol. The van der Waals surface area contributed by atoms with Crippen LogP contribution in [0.4, 0.5) is 0 Å². The van der Waals surface area contributed by atoms with E-state index in [2.05, 4.69) is 56.8 Å². The Balaban J connectivity index is 1.99. The molecule has 0 amide bonds. The van der Waals surface area contributed by atoms with Crippen LogP contribution < -0.4 is 4.74 Å². The van der Waals surface area contributed by atoms with Crippen LogP contribution in [-0.2, 0) is 18.6 Å². The van der Waals surface area contributed by atoms with E-state index in [1.807, 2.05) is 16.8 Å². The van der Waals surface area contributed by atoms with Gasteiger partial charge in [0.1, 0.15) is 18.7 Å². The number of ether oxygens (including phenoxy) is 1. The number of nitrogens with zero attached hydrogens (tertiary/aromatic N) is 3. The molecule has 0 fully saturated rings. The first-order chi connectivity index (χ1) is 9.86. The van der Waals surface area contributed by atoms with Crippen molar-refractivity contribution in [3.05, 3.63) is 42.0 Å². The minimum atomic E-state index is 0.163. The van der Waals surface area contributed by atoms with Crippen molar-refractivity contribution in [1.29, 1.82) is 0 Å². The van der Waals surface area contributed by atoms with Crippen molar-refractivity contribution in [1.82, 2.24) is 14.8 Å². The van der Waals surface area contributed by atoms with Gasteiger partial charge in [-0.3, -0.25) is 0 Å². The molecule has 0 aliphatic rings.